The second-order valence-electron chi connectivity index (χ2n) is 15.5. The van der Waals surface area contributed by atoms with Crippen molar-refractivity contribution >= 4 is 0 Å². The molecule has 10 atom stereocenters. The van der Waals surface area contributed by atoms with Crippen LogP contribution in [0.1, 0.15) is 97.3 Å². The minimum absolute atomic E-state index is 0. The quantitative estimate of drug-likeness (QED) is 0.377. The summed E-state index contributed by atoms with van der Waals surface area (Å²) in [5.74, 6) is 2.97. The number of aliphatic hydroxyl groups excluding tert-OH is 2. The van der Waals surface area contributed by atoms with Crippen LogP contribution in [0.3, 0.4) is 0 Å². The largest absolute Gasteiger partial charge is 1.00 e. The number of aliphatic hydroxyl groups is 2. The van der Waals surface area contributed by atoms with Gasteiger partial charge in [-0.2, -0.15) is 0 Å². The molecule has 216 valence electrons. The van der Waals surface area contributed by atoms with Crippen molar-refractivity contribution in [2.24, 2.45) is 34.5 Å². The topological polar surface area (TPSA) is 40.5 Å². The summed E-state index contributed by atoms with van der Waals surface area (Å²) in [5.41, 5.74) is 0.492. The summed E-state index contributed by atoms with van der Waals surface area (Å²) in [6.45, 7) is 10.2. The van der Waals surface area contributed by atoms with Crippen LogP contribution in [0.15, 0.2) is 0 Å². The van der Waals surface area contributed by atoms with E-state index in [1.807, 2.05) is 0 Å². The lowest BCUT2D eigenvalue weighted by molar-refractivity contribution is -0.943. The van der Waals surface area contributed by atoms with Crippen LogP contribution in [-0.4, -0.2) is 83.7 Å². The first-order valence-electron chi connectivity index (χ1n) is 15.7. The highest BCUT2D eigenvalue weighted by molar-refractivity contribution is 5.12. The Bertz CT molecular complexity index is 800. The molecular formula is C31H56Br2N2O2. The minimum atomic E-state index is -0.124. The Morgan fingerprint density at radius 2 is 1.22 bits per heavy atom. The molecule has 0 bridgehead atoms. The van der Waals surface area contributed by atoms with E-state index in [0.717, 1.165) is 27.2 Å². The van der Waals surface area contributed by atoms with Gasteiger partial charge < -0.3 is 53.1 Å². The smallest absolute Gasteiger partial charge is 0.116 e. The molecular weight excluding hydrogens is 592 g/mol. The number of piperidine rings is 2. The number of rotatable bonds is 2. The van der Waals surface area contributed by atoms with E-state index < -0.39 is 0 Å². The first kappa shape index (κ1) is 30.8. The molecule has 0 aromatic heterocycles. The van der Waals surface area contributed by atoms with Gasteiger partial charge in [0, 0.05) is 18.3 Å². The third-order valence-corrected chi connectivity index (χ3v) is 13.9. The van der Waals surface area contributed by atoms with Gasteiger partial charge in [0.15, 0.2) is 0 Å². The summed E-state index contributed by atoms with van der Waals surface area (Å²) < 4.78 is 2.26. The molecule has 0 radical (unpaired) electrons. The highest BCUT2D eigenvalue weighted by Gasteiger charge is 2.66. The van der Waals surface area contributed by atoms with Gasteiger partial charge in [0.25, 0.3) is 0 Å². The lowest BCUT2D eigenvalue weighted by atomic mass is 9.44. The van der Waals surface area contributed by atoms with Gasteiger partial charge in [0.05, 0.1) is 40.3 Å². The fourth-order valence-corrected chi connectivity index (χ4v) is 11.6. The molecule has 10 unspecified atom stereocenters. The molecule has 2 aliphatic heterocycles. The van der Waals surface area contributed by atoms with Gasteiger partial charge in [0.2, 0.25) is 0 Å². The third kappa shape index (κ3) is 4.76. The van der Waals surface area contributed by atoms with Gasteiger partial charge in [-0.3, -0.25) is 0 Å². The van der Waals surface area contributed by atoms with Crippen LogP contribution in [0.4, 0.5) is 0 Å². The lowest BCUT2D eigenvalue weighted by Gasteiger charge is -2.63. The summed E-state index contributed by atoms with van der Waals surface area (Å²) in [6, 6.07) is 0.886. The SMILES string of the molecule is CC12CC([N+]3(C)CCCCC3)C(O)CC1CCC1C2CCC2(C)C(O)C([N+]3(C)CCCCC3)CC12.[Br-].[Br-]. The Hall–Kier alpha value is 0.800. The van der Waals surface area contributed by atoms with Crippen molar-refractivity contribution in [2.75, 3.05) is 40.3 Å². The van der Waals surface area contributed by atoms with E-state index in [4.69, 9.17) is 0 Å². The monoisotopic (exact) mass is 646 g/mol. The van der Waals surface area contributed by atoms with Crippen LogP contribution in [-0.2, 0) is 0 Å². The van der Waals surface area contributed by atoms with Crippen molar-refractivity contribution in [2.45, 2.75) is 122 Å². The van der Waals surface area contributed by atoms with E-state index in [1.165, 1.54) is 103 Å². The van der Waals surface area contributed by atoms with Gasteiger partial charge in [-0.25, -0.2) is 0 Å². The van der Waals surface area contributed by atoms with Gasteiger partial charge in [-0.1, -0.05) is 13.8 Å². The molecule has 6 heteroatoms. The van der Waals surface area contributed by atoms with E-state index >= 15 is 0 Å². The molecule has 0 spiro atoms. The van der Waals surface area contributed by atoms with Crippen molar-refractivity contribution in [3.8, 4) is 0 Å². The Balaban J connectivity index is 0.00000160. The molecule has 4 nitrogen and oxygen atoms in total. The predicted molar refractivity (Wildman–Crippen MR) is 142 cm³/mol. The standard InChI is InChI=1S/C31H56N2O2.2BrH/c1-30-14-13-24-23(25(30)20-26(29(30)35)32(3)15-7-5-8-16-32)12-11-22-19-28(34)27(21-31(22,24)2)33(4)17-9-6-10-18-33;;/h22-29,34-35H,5-21H2,1-4H3;2*1H/q+2;;/p-2. The molecule has 6 aliphatic rings. The Morgan fingerprint density at radius 1 is 0.649 bits per heavy atom. The number of nitrogens with zero attached hydrogens (tertiary/aromatic N) is 2. The zero-order valence-corrected chi connectivity index (χ0v) is 27.4. The molecule has 6 rings (SSSR count). The number of quaternary nitrogens is 2. The van der Waals surface area contributed by atoms with Crippen molar-refractivity contribution in [1.29, 1.82) is 0 Å². The van der Waals surface area contributed by atoms with Crippen molar-refractivity contribution < 1.29 is 53.1 Å². The maximum Gasteiger partial charge on any atom is 0.116 e. The maximum absolute atomic E-state index is 11.9. The van der Waals surface area contributed by atoms with Crippen molar-refractivity contribution in [3.05, 3.63) is 0 Å². The van der Waals surface area contributed by atoms with E-state index in [0.29, 0.717) is 29.3 Å². The van der Waals surface area contributed by atoms with Gasteiger partial charge >= 0.3 is 0 Å². The number of likely N-dealkylation sites (N-methyl/N-ethyl adjacent to an activating group) is 2. The fraction of sp³-hybridized carbons (Fsp3) is 1.00. The molecule has 6 fully saturated rings. The highest BCUT2D eigenvalue weighted by atomic mass is 79.9. The molecule has 0 aromatic carbocycles. The molecule has 4 aliphatic carbocycles. The Morgan fingerprint density at radius 3 is 1.81 bits per heavy atom. The number of hydrogen-bond donors (Lipinski definition) is 2. The Labute approximate surface area is 248 Å². The first-order valence-corrected chi connectivity index (χ1v) is 15.7. The normalized spacial score (nSPS) is 50.4. The van der Waals surface area contributed by atoms with E-state index in [-0.39, 0.29) is 51.6 Å². The maximum atomic E-state index is 11.9. The summed E-state index contributed by atoms with van der Waals surface area (Å²) in [6.07, 6.45) is 16.6. The van der Waals surface area contributed by atoms with Crippen LogP contribution in [0.25, 0.3) is 0 Å². The summed E-state index contributed by atoms with van der Waals surface area (Å²) in [7, 11) is 4.94. The minimum Gasteiger partial charge on any atom is -1.00 e. The Kier molecular flexibility index (Phi) is 9.05. The zero-order chi connectivity index (χ0) is 24.6. The van der Waals surface area contributed by atoms with Crippen molar-refractivity contribution in [1.82, 2.24) is 0 Å². The zero-order valence-electron chi connectivity index (χ0n) is 24.2. The van der Waals surface area contributed by atoms with Crippen LogP contribution in [0, 0.1) is 34.5 Å². The van der Waals surface area contributed by atoms with Gasteiger partial charge in [-0.05, 0) is 99.7 Å². The van der Waals surface area contributed by atoms with Gasteiger partial charge in [-0.15, -0.1) is 0 Å². The molecule has 37 heavy (non-hydrogen) atoms. The number of likely N-dealkylation sites (tertiary alicyclic amines) is 2. The predicted octanol–water partition coefficient (Wildman–Crippen LogP) is -1.02. The highest BCUT2D eigenvalue weighted by Crippen LogP contribution is 2.67. The summed E-state index contributed by atoms with van der Waals surface area (Å²) in [4.78, 5) is 0. The average Bonchev–Trinajstić information content (AvgIpc) is 3.12. The molecule has 0 amide bonds. The van der Waals surface area contributed by atoms with E-state index in [2.05, 4.69) is 27.9 Å². The molecule has 2 saturated heterocycles. The van der Waals surface area contributed by atoms with Crippen LogP contribution >= 0.6 is 0 Å². The van der Waals surface area contributed by atoms with Crippen molar-refractivity contribution in [3.63, 3.8) is 0 Å². The van der Waals surface area contributed by atoms with Gasteiger partial charge in [0.1, 0.15) is 24.3 Å². The van der Waals surface area contributed by atoms with Crippen LogP contribution in [0.5, 0.6) is 0 Å². The number of halogens is 2. The molecule has 0 aromatic rings. The second kappa shape index (κ2) is 10.9. The van der Waals surface area contributed by atoms with Crippen LogP contribution in [0.2, 0.25) is 0 Å². The third-order valence-electron chi connectivity index (χ3n) is 13.9. The van der Waals surface area contributed by atoms with E-state index in [1.54, 1.807) is 0 Å². The fourth-order valence-electron chi connectivity index (χ4n) is 11.6. The summed E-state index contributed by atoms with van der Waals surface area (Å²) >= 11 is 0. The van der Waals surface area contributed by atoms with Crippen LogP contribution < -0.4 is 34.0 Å². The molecule has 2 heterocycles. The average molecular weight is 649 g/mol. The summed E-state index contributed by atoms with van der Waals surface area (Å²) in [5, 5.41) is 23.3. The lowest BCUT2D eigenvalue weighted by Crippen LogP contribution is -3.00. The molecule has 4 saturated carbocycles. The number of fused-ring (bicyclic) bond motifs is 5. The molecule has 2 N–H and O–H groups in total. The number of hydrogen-bond acceptors (Lipinski definition) is 2. The van der Waals surface area contributed by atoms with E-state index in [9.17, 15) is 10.2 Å². The first-order chi connectivity index (χ1) is 16.6. The second-order valence-corrected chi connectivity index (χ2v) is 15.5.